The van der Waals surface area contributed by atoms with Gasteiger partial charge in [0.25, 0.3) is 0 Å². The number of nitrogens with zero attached hydrogens (tertiary/aromatic N) is 3. The Morgan fingerprint density at radius 3 is 2.25 bits per heavy atom. The molecule has 0 atom stereocenters. The molecule has 0 saturated heterocycles. The van der Waals surface area contributed by atoms with Gasteiger partial charge in [-0.1, -0.05) is 45.3 Å². The molecule has 0 aromatic rings. The Labute approximate surface area is 126 Å². The number of hydrogen-bond acceptors (Lipinski definition) is 3. The molecule has 20 heavy (non-hydrogen) atoms. The summed E-state index contributed by atoms with van der Waals surface area (Å²) in [6.45, 7) is 10.5. The van der Waals surface area contributed by atoms with Gasteiger partial charge in [-0.25, -0.2) is 0 Å². The molecule has 0 rings (SSSR count). The van der Waals surface area contributed by atoms with Crippen LogP contribution in [0.4, 0.5) is 0 Å². The van der Waals surface area contributed by atoms with Gasteiger partial charge in [0.1, 0.15) is 0 Å². The molecular weight excluding hydrogens is 248 g/mol. The first-order valence-electron chi connectivity index (χ1n) is 8.53. The fraction of sp³-hybridized carbons (Fsp3) is 1.00. The van der Waals surface area contributed by atoms with Crippen LogP contribution in [0.15, 0.2) is 10.3 Å². The summed E-state index contributed by atoms with van der Waals surface area (Å²) in [6, 6.07) is 0. The van der Waals surface area contributed by atoms with Crippen LogP contribution < -0.4 is 5.73 Å². The highest BCUT2D eigenvalue weighted by molar-refractivity contribution is 4.55. The first-order valence-corrected chi connectivity index (χ1v) is 8.53. The molecule has 0 aliphatic rings. The zero-order valence-corrected chi connectivity index (χ0v) is 14.0. The standard InChI is InChI=1S/C16H36N4/c1-4-13-18-19-20(15-10-11-16(2)3)14-9-7-5-6-8-12-17/h16H,4-15,17H2,1-3H3/b19-18-. The topological polar surface area (TPSA) is 54.0 Å². The molecule has 0 spiro atoms. The molecule has 0 amide bonds. The fourth-order valence-electron chi connectivity index (χ4n) is 2.09. The molecule has 0 heterocycles. The molecule has 0 radical (unpaired) electrons. The first-order chi connectivity index (χ1) is 9.70. The number of rotatable bonds is 14. The van der Waals surface area contributed by atoms with Crippen LogP contribution >= 0.6 is 0 Å². The second kappa shape index (κ2) is 14.8. The highest BCUT2D eigenvalue weighted by Crippen LogP contribution is 2.08. The number of nitrogens with two attached hydrogens (primary N) is 1. The SMILES string of the molecule is CCC/N=N\N(CCCCCCCN)CCCC(C)C. The second-order valence-corrected chi connectivity index (χ2v) is 6.00. The molecule has 0 aliphatic heterocycles. The molecular formula is C16H36N4. The van der Waals surface area contributed by atoms with E-state index < -0.39 is 0 Å². The van der Waals surface area contributed by atoms with Gasteiger partial charge in [-0.2, -0.15) is 5.11 Å². The van der Waals surface area contributed by atoms with Crippen molar-refractivity contribution in [3.8, 4) is 0 Å². The van der Waals surface area contributed by atoms with Crippen LogP contribution in [-0.2, 0) is 0 Å². The summed E-state index contributed by atoms with van der Waals surface area (Å²) in [7, 11) is 0. The zero-order chi connectivity index (χ0) is 15.1. The lowest BCUT2D eigenvalue weighted by atomic mass is 10.1. The van der Waals surface area contributed by atoms with Crippen LogP contribution in [0.3, 0.4) is 0 Å². The van der Waals surface area contributed by atoms with Gasteiger partial charge in [0, 0.05) is 13.1 Å². The molecule has 0 aromatic carbocycles. The molecule has 0 saturated carbocycles. The maximum Gasteiger partial charge on any atom is 0.0617 e. The van der Waals surface area contributed by atoms with Crippen LogP contribution in [0.25, 0.3) is 0 Å². The fourth-order valence-corrected chi connectivity index (χ4v) is 2.09. The minimum absolute atomic E-state index is 0.778. The van der Waals surface area contributed by atoms with Gasteiger partial charge in [0.2, 0.25) is 0 Å². The summed E-state index contributed by atoms with van der Waals surface area (Å²) in [4.78, 5) is 0. The van der Waals surface area contributed by atoms with Crippen molar-refractivity contribution < 1.29 is 0 Å². The Morgan fingerprint density at radius 1 is 0.950 bits per heavy atom. The van der Waals surface area contributed by atoms with Crippen molar-refractivity contribution in [2.24, 2.45) is 22.0 Å². The van der Waals surface area contributed by atoms with Crippen LogP contribution in [-0.4, -0.2) is 31.2 Å². The van der Waals surface area contributed by atoms with E-state index in [0.717, 1.165) is 44.9 Å². The third-order valence-electron chi connectivity index (χ3n) is 3.33. The zero-order valence-electron chi connectivity index (χ0n) is 14.0. The number of unbranched alkanes of at least 4 members (excludes halogenated alkanes) is 4. The lowest BCUT2D eigenvalue weighted by Gasteiger charge is -2.18. The van der Waals surface area contributed by atoms with Crippen LogP contribution in [0, 0.1) is 5.92 Å². The quantitative estimate of drug-likeness (QED) is 0.292. The van der Waals surface area contributed by atoms with Crippen molar-refractivity contribution in [2.45, 2.75) is 72.1 Å². The predicted octanol–water partition coefficient (Wildman–Crippen LogP) is 4.41. The van der Waals surface area contributed by atoms with E-state index in [9.17, 15) is 0 Å². The monoisotopic (exact) mass is 284 g/mol. The molecule has 120 valence electrons. The van der Waals surface area contributed by atoms with Crippen molar-refractivity contribution in [2.75, 3.05) is 26.2 Å². The van der Waals surface area contributed by atoms with E-state index in [1.54, 1.807) is 0 Å². The van der Waals surface area contributed by atoms with Gasteiger partial charge in [0.05, 0.1) is 6.54 Å². The van der Waals surface area contributed by atoms with Crippen LogP contribution in [0.1, 0.15) is 72.1 Å². The summed E-state index contributed by atoms with van der Waals surface area (Å²) in [6.07, 6.45) is 9.79. The van der Waals surface area contributed by atoms with Crippen molar-refractivity contribution in [1.29, 1.82) is 0 Å². The predicted molar refractivity (Wildman–Crippen MR) is 87.8 cm³/mol. The average molecular weight is 284 g/mol. The van der Waals surface area contributed by atoms with Crippen molar-refractivity contribution in [3.05, 3.63) is 0 Å². The highest BCUT2D eigenvalue weighted by atomic mass is 15.5. The Hall–Kier alpha value is -0.640. The van der Waals surface area contributed by atoms with Crippen LogP contribution in [0.5, 0.6) is 0 Å². The maximum absolute atomic E-state index is 5.50. The molecule has 2 N–H and O–H groups in total. The second-order valence-electron chi connectivity index (χ2n) is 6.00. The minimum Gasteiger partial charge on any atom is -0.330 e. The highest BCUT2D eigenvalue weighted by Gasteiger charge is 2.03. The largest absolute Gasteiger partial charge is 0.330 e. The van der Waals surface area contributed by atoms with E-state index in [1.165, 1.54) is 38.5 Å². The Kier molecular flexibility index (Phi) is 14.3. The summed E-state index contributed by atoms with van der Waals surface area (Å²) >= 11 is 0. The van der Waals surface area contributed by atoms with Crippen molar-refractivity contribution in [1.82, 2.24) is 5.01 Å². The minimum atomic E-state index is 0.778. The Bertz CT molecular complexity index is 217. The molecule has 0 fully saturated rings. The van der Waals surface area contributed by atoms with E-state index >= 15 is 0 Å². The lowest BCUT2D eigenvalue weighted by molar-refractivity contribution is 0.248. The average Bonchev–Trinajstić information content (AvgIpc) is 2.42. The lowest BCUT2D eigenvalue weighted by Crippen LogP contribution is -2.20. The van der Waals surface area contributed by atoms with Crippen molar-refractivity contribution in [3.63, 3.8) is 0 Å². The molecule has 0 aromatic heterocycles. The molecule has 0 bridgehead atoms. The third kappa shape index (κ3) is 13.8. The van der Waals surface area contributed by atoms with Gasteiger partial charge in [-0.3, -0.25) is 5.01 Å². The Balaban J connectivity index is 3.79. The summed E-state index contributed by atoms with van der Waals surface area (Å²) in [5, 5.41) is 10.8. The molecule has 0 unspecified atom stereocenters. The van der Waals surface area contributed by atoms with E-state index in [-0.39, 0.29) is 0 Å². The van der Waals surface area contributed by atoms with Gasteiger partial charge in [0.15, 0.2) is 0 Å². The van der Waals surface area contributed by atoms with Gasteiger partial charge < -0.3 is 5.73 Å². The van der Waals surface area contributed by atoms with Gasteiger partial charge in [-0.05, 0) is 44.6 Å². The molecule has 4 heteroatoms. The van der Waals surface area contributed by atoms with E-state index in [2.05, 4.69) is 36.1 Å². The maximum atomic E-state index is 5.50. The summed E-state index contributed by atoms with van der Waals surface area (Å²) in [5.41, 5.74) is 5.50. The van der Waals surface area contributed by atoms with Gasteiger partial charge in [-0.15, -0.1) is 0 Å². The van der Waals surface area contributed by atoms with Crippen molar-refractivity contribution >= 4 is 0 Å². The Morgan fingerprint density at radius 2 is 1.60 bits per heavy atom. The van der Waals surface area contributed by atoms with Gasteiger partial charge >= 0.3 is 0 Å². The van der Waals surface area contributed by atoms with E-state index in [4.69, 9.17) is 5.73 Å². The summed E-state index contributed by atoms with van der Waals surface area (Å²) in [5.74, 6) is 0.778. The summed E-state index contributed by atoms with van der Waals surface area (Å²) < 4.78 is 0. The smallest absolute Gasteiger partial charge is 0.0617 e. The van der Waals surface area contributed by atoms with E-state index in [1.807, 2.05) is 0 Å². The van der Waals surface area contributed by atoms with E-state index in [0.29, 0.717) is 0 Å². The normalized spacial score (nSPS) is 11.7. The third-order valence-corrected chi connectivity index (χ3v) is 3.33. The molecule has 0 aliphatic carbocycles. The van der Waals surface area contributed by atoms with Crippen LogP contribution in [0.2, 0.25) is 0 Å². The number of hydrogen-bond donors (Lipinski definition) is 1. The first kappa shape index (κ1) is 19.4. The molecule has 4 nitrogen and oxygen atoms in total.